The molecule has 1 aromatic carbocycles. The van der Waals surface area contributed by atoms with Crippen LogP contribution in [0.1, 0.15) is 32.4 Å². The van der Waals surface area contributed by atoms with Gasteiger partial charge in [-0.3, -0.25) is 0 Å². The number of carbonyl (C=O) groups excluding carboxylic acids is 1. The number of ether oxygens (including phenoxy) is 1. The lowest BCUT2D eigenvalue weighted by Crippen LogP contribution is -2.38. The van der Waals surface area contributed by atoms with Gasteiger partial charge in [0.2, 0.25) is 0 Å². The van der Waals surface area contributed by atoms with Crippen molar-refractivity contribution in [2.24, 2.45) is 0 Å². The first-order valence-electron chi connectivity index (χ1n) is 5.77. The number of nitrogens with one attached hydrogen (secondary N) is 1. The van der Waals surface area contributed by atoms with Gasteiger partial charge in [0.15, 0.2) is 6.04 Å². The van der Waals surface area contributed by atoms with E-state index in [2.05, 4.69) is 5.32 Å². The highest BCUT2D eigenvalue weighted by Crippen LogP contribution is 2.27. The van der Waals surface area contributed by atoms with Crippen LogP contribution in [0.2, 0.25) is 10.0 Å². The molecule has 20 heavy (non-hydrogen) atoms. The van der Waals surface area contributed by atoms with E-state index in [0.29, 0.717) is 5.02 Å². The van der Waals surface area contributed by atoms with E-state index in [1.165, 1.54) is 18.2 Å². The first kappa shape index (κ1) is 16.6. The van der Waals surface area contributed by atoms with E-state index >= 15 is 0 Å². The second-order valence-electron chi connectivity index (χ2n) is 5.08. The van der Waals surface area contributed by atoms with Crippen molar-refractivity contribution >= 4 is 35.3 Å². The van der Waals surface area contributed by atoms with Crippen LogP contribution in [-0.2, 0) is 9.53 Å². The highest BCUT2D eigenvalue weighted by atomic mass is 35.5. The van der Waals surface area contributed by atoms with Gasteiger partial charge in [0.05, 0.1) is 0 Å². The van der Waals surface area contributed by atoms with E-state index < -0.39 is 23.7 Å². The summed E-state index contributed by atoms with van der Waals surface area (Å²) in [6.45, 7) is 5.03. The fourth-order valence-corrected chi connectivity index (χ4v) is 1.84. The maximum absolute atomic E-state index is 11.7. The van der Waals surface area contributed by atoms with Crippen LogP contribution < -0.4 is 5.32 Å². The zero-order valence-electron chi connectivity index (χ0n) is 11.2. The molecule has 1 atom stereocenters. The Kier molecular flexibility index (Phi) is 5.25. The summed E-state index contributed by atoms with van der Waals surface area (Å²) in [4.78, 5) is 23.0. The summed E-state index contributed by atoms with van der Waals surface area (Å²) in [6.07, 6.45) is -0.846. The van der Waals surface area contributed by atoms with Gasteiger partial charge >= 0.3 is 12.1 Å². The summed E-state index contributed by atoms with van der Waals surface area (Å²) in [5.74, 6) is -1.26. The summed E-state index contributed by atoms with van der Waals surface area (Å²) in [6, 6.07) is 3.04. The van der Waals surface area contributed by atoms with Crippen LogP contribution in [0.4, 0.5) is 4.79 Å². The molecule has 1 rings (SSSR count). The van der Waals surface area contributed by atoms with Gasteiger partial charge in [0.1, 0.15) is 5.60 Å². The van der Waals surface area contributed by atoms with Crippen LogP contribution in [-0.4, -0.2) is 22.8 Å². The van der Waals surface area contributed by atoms with E-state index in [1.807, 2.05) is 0 Å². The monoisotopic (exact) mass is 319 g/mol. The van der Waals surface area contributed by atoms with Gasteiger partial charge in [-0.15, -0.1) is 0 Å². The molecule has 2 N–H and O–H groups in total. The third-order valence-corrected chi connectivity index (χ3v) is 2.76. The molecule has 0 aliphatic heterocycles. The lowest BCUT2D eigenvalue weighted by atomic mass is 10.1. The Morgan fingerprint density at radius 2 is 1.90 bits per heavy atom. The number of aliphatic carboxylic acids is 1. The maximum Gasteiger partial charge on any atom is 0.408 e. The molecule has 7 heteroatoms. The van der Waals surface area contributed by atoms with Gasteiger partial charge in [-0.05, 0) is 39.0 Å². The Morgan fingerprint density at radius 3 is 2.40 bits per heavy atom. The van der Waals surface area contributed by atoms with Crippen molar-refractivity contribution in [3.05, 3.63) is 33.8 Å². The molecule has 110 valence electrons. The van der Waals surface area contributed by atoms with Gasteiger partial charge in [-0.1, -0.05) is 23.2 Å². The average Bonchev–Trinajstić information content (AvgIpc) is 2.27. The van der Waals surface area contributed by atoms with Gasteiger partial charge in [-0.2, -0.15) is 0 Å². The minimum atomic E-state index is -1.34. The summed E-state index contributed by atoms with van der Waals surface area (Å²) in [5.41, 5.74) is -0.539. The minimum Gasteiger partial charge on any atom is -0.479 e. The number of rotatable bonds is 3. The van der Waals surface area contributed by atoms with Crippen molar-refractivity contribution in [1.29, 1.82) is 0 Å². The smallest absolute Gasteiger partial charge is 0.408 e. The van der Waals surface area contributed by atoms with E-state index in [1.54, 1.807) is 20.8 Å². The SMILES string of the molecule is CC(C)(C)OC(=O)NC(C(=O)O)c1cc(Cl)ccc1Cl. The quantitative estimate of drug-likeness (QED) is 0.891. The summed E-state index contributed by atoms with van der Waals surface area (Å²) in [7, 11) is 0. The molecule has 0 fully saturated rings. The number of carboxylic acid groups (broad SMARTS) is 1. The van der Waals surface area contributed by atoms with Crippen LogP contribution in [0, 0.1) is 0 Å². The molecule has 1 unspecified atom stereocenters. The molecule has 0 aliphatic rings. The van der Waals surface area contributed by atoms with Crippen molar-refractivity contribution in [3.63, 3.8) is 0 Å². The summed E-state index contributed by atoms with van der Waals surface area (Å²) < 4.78 is 5.02. The van der Waals surface area contributed by atoms with E-state index in [4.69, 9.17) is 27.9 Å². The summed E-state index contributed by atoms with van der Waals surface area (Å²) >= 11 is 11.8. The fraction of sp³-hybridized carbons (Fsp3) is 0.385. The number of hydrogen-bond donors (Lipinski definition) is 2. The third-order valence-electron chi connectivity index (χ3n) is 2.18. The molecule has 0 spiro atoms. The predicted octanol–water partition coefficient (Wildman–Crippen LogP) is 3.64. The van der Waals surface area contributed by atoms with Crippen molar-refractivity contribution in [3.8, 4) is 0 Å². The maximum atomic E-state index is 11.7. The van der Waals surface area contributed by atoms with Crippen LogP contribution in [0.3, 0.4) is 0 Å². The Bertz CT molecular complexity index is 526. The molecule has 0 aromatic heterocycles. The number of amides is 1. The first-order chi connectivity index (χ1) is 9.10. The number of alkyl carbamates (subject to hydrolysis) is 1. The predicted molar refractivity (Wildman–Crippen MR) is 76.2 cm³/mol. The number of carboxylic acids is 1. The number of benzene rings is 1. The Morgan fingerprint density at radius 1 is 1.30 bits per heavy atom. The number of carbonyl (C=O) groups is 2. The lowest BCUT2D eigenvalue weighted by Gasteiger charge is -2.22. The van der Waals surface area contributed by atoms with Gasteiger partial charge in [-0.25, -0.2) is 9.59 Å². The standard InChI is InChI=1S/C13H15Cl2NO4/c1-13(2,3)20-12(19)16-10(11(17)18)8-6-7(14)4-5-9(8)15/h4-6,10H,1-3H3,(H,16,19)(H,17,18). The average molecular weight is 320 g/mol. The second kappa shape index (κ2) is 6.33. The van der Waals surface area contributed by atoms with Gasteiger partial charge < -0.3 is 15.2 Å². The van der Waals surface area contributed by atoms with E-state index in [9.17, 15) is 14.7 Å². The Labute approximate surface area is 126 Å². The van der Waals surface area contributed by atoms with E-state index in [-0.39, 0.29) is 10.6 Å². The number of halogens is 2. The highest BCUT2D eigenvalue weighted by molar-refractivity contribution is 6.33. The molecule has 0 saturated heterocycles. The van der Waals surface area contributed by atoms with Gasteiger partial charge in [0.25, 0.3) is 0 Å². The zero-order chi connectivity index (χ0) is 15.5. The third kappa shape index (κ3) is 4.90. The molecule has 0 aliphatic carbocycles. The van der Waals surface area contributed by atoms with Crippen LogP contribution in [0.5, 0.6) is 0 Å². The molecule has 0 saturated carbocycles. The molecule has 0 radical (unpaired) electrons. The van der Waals surface area contributed by atoms with Crippen molar-refractivity contribution < 1.29 is 19.4 Å². The zero-order valence-corrected chi connectivity index (χ0v) is 12.7. The van der Waals surface area contributed by atoms with Gasteiger partial charge in [0, 0.05) is 15.6 Å². The second-order valence-corrected chi connectivity index (χ2v) is 5.93. The fourth-order valence-electron chi connectivity index (χ4n) is 1.43. The van der Waals surface area contributed by atoms with Crippen molar-refractivity contribution in [2.45, 2.75) is 32.4 Å². The topological polar surface area (TPSA) is 75.6 Å². The molecule has 0 heterocycles. The Balaban J connectivity index is 2.98. The largest absolute Gasteiger partial charge is 0.479 e. The Hall–Kier alpha value is -1.46. The summed E-state index contributed by atoms with van der Waals surface area (Å²) in [5, 5.41) is 12.0. The number of hydrogen-bond acceptors (Lipinski definition) is 3. The van der Waals surface area contributed by atoms with Crippen LogP contribution >= 0.6 is 23.2 Å². The molecule has 1 amide bonds. The molecular weight excluding hydrogens is 305 g/mol. The van der Waals surface area contributed by atoms with Crippen molar-refractivity contribution in [2.75, 3.05) is 0 Å². The first-order valence-corrected chi connectivity index (χ1v) is 6.53. The van der Waals surface area contributed by atoms with Crippen molar-refractivity contribution in [1.82, 2.24) is 5.32 Å². The van der Waals surface area contributed by atoms with E-state index in [0.717, 1.165) is 0 Å². The van der Waals surface area contributed by atoms with Crippen LogP contribution in [0.25, 0.3) is 0 Å². The van der Waals surface area contributed by atoms with Crippen LogP contribution in [0.15, 0.2) is 18.2 Å². The minimum absolute atomic E-state index is 0.192. The molecule has 0 bridgehead atoms. The molecule has 5 nitrogen and oxygen atoms in total. The molecular formula is C13H15Cl2NO4. The molecule has 1 aromatic rings. The lowest BCUT2D eigenvalue weighted by molar-refractivity contribution is -0.139. The normalized spacial score (nSPS) is 12.7. The highest BCUT2D eigenvalue weighted by Gasteiger charge is 2.27.